The molecule has 1 aromatic heterocycles. The Balaban J connectivity index is 2.10. The number of nitrogens with zero attached hydrogens (tertiary/aromatic N) is 1. The summed E-state index contributed by atoms with van der Waals surface area (Å²) in [6.45, 7) is 3.82. The number of aryl methyl sites for hydroxylation is 1. The van der Waals surface area contributed by atoms with Gasteiger partial charge in [0.05, 0.1) is 6.04 Å². The quantitative estimate of drug-likeness (QED) is 0.853. The number of amides is 1. The van der Waals surface area contributed by atoms with E-state index >= 15 is 0 Å². The fourth-order valence-electron chi connectivity index (χ4n) is 1.57. The summed E-state index contributed by atoms with van der Waals surface area (Å²) in [5.41, 5.74) is 0.381. The zero-order valence-corrected chi connectivity index (χ0v) is 12.2. The molecule has 6 heteroatoms. The van der Waals surface area contributed by atoms with Crippen molar-refractivity contribution in [3.8, 4) is 0 Å². The molecule has 1 aromatic carbocycles. The SMILES string of the molecule is Cc1cnc(C(C)NC(=O)c2ccc(F)c(S)c2)s1. The molecule has 1 unspecified atom stereocenters. The van der Waals surface area contributed by atoms with Crippen LogP contribution in [0, 0.1) is 12.7 Å². The zero-order valence-electron chi connectivity index (χ0n) is 10.5. The van der Waals surface area contributed by atoms with E-state index in [9.17, 15) is 9.18 Å². The molecular formula is C13H13FN2OS2. The van der Waals surface area contributed by atoms with Crippen molar-refractivity contribution in [2.24, 2.45) is 0 Å². The van der Waals surface area contributed by atoms with Crippen molar-refractivity contribution in [2.75, 3.05) is 0 Å². The zero-order chi connectivity index (χ0) is 14.0. The van der Waals surface area contributed by atoms with Crippen LogP contribution in [0.3, 0.4) is 0 Å². The van der Waals surface area contributed by atoms with Gasteiger partial charge in [-0.3, -0.25) is 4.79 Å². The van der Waals surface area contributed by atoms with Crippen LogP contribution in [-0.4, -0.2) is 10.9 Å². The third-order valence-electron chi connectivity index (χ3n) is 2.57. The Hall–Kier alpha value is -1.40. The lowest BCUT2D eigenvalue weighted by atomic mass is 10.2. The standard InChI is InChI=1S/C13H13FN2OS2/c1-7-6-15-13(19-7)8(2)16-12(17)9-3-4-10(14)11(18)5-9/h3-6,8,18H,1-2H3,(H,16,17). The van der Waals surface area contributed by atoms with Gasteiger partial charge in [0, 0.05) is 21.5 Å². The first-order valence-corrected chi connectivity index (χ1v) is 6.95. The molecule has 0 saturated heterocycles. The second-order valence-electron chi connectivity index (χ2n) is 4.17. The van der Waals surface area contributed by atoms with Gasteiger partial charge in [-0.2, -0.15) is 0 Å². The van der Waals surface area contributed by atoms with Gasteiger partial charge < -0.3 is 5.32 Å². The lowest BCUT2D eigenvalue weighted by molar-refractivity contribution is 0.0939. The van der Waals surface area contributed by atoms with Crippen molar-refractivity contribution in [1.29, 1.82) is 0 Å². The molecule has 100 valence electrons. The van der Waals surface area contributed by atoms with Crippen molar-refractivity contribution in [2.45, 2.75) is 24.8 Å². The summed E-state index contributed by atoms with van der Waals surface area (Å²) in [4.78, 5) is 17.5. The highest BCUT2D eigenvalue weighted by molar-refractivity contribution is 7.80. The summed E-state index contributed by atoms with van der Waals surface area (Å²) in [5.74, 6) is -0.709. The number of thiol groups is 1. The largest absolute Gasteiger partial charge is 0.343 e. The number of rotatable bonds is 3. The van der Waals surface area contributed by atoms with Gasteiger partial charge in [0.15, 0.2) is 0 Å². The number of carbonyl (C=O) groups is 1. The molecule has 0 fully saturated rings. The molecule has 0 saturated carbocycles. The summed E-state index contributed by atoms with van der Waals surface area (Å²) < 4.78 is 13.1. The van der Waals surface area contributed by atoms with Crippen LogP contribution in [0.25, 0.3) is 0 Å². The van der Waals surface area contributed by atoms with Gasteiger partial charge in [-0.25, -0.2) is 9.37 Å². The molecule has 2 rings (SSSR count). The molecule has 0 spiro atoms. The van der Waals surface area contributed by atoms with Crippen molar-refractivity contribution in [3.05, 3.63) is 45.7 Å². The van der Waals surface area contributed by atoms with Crippen LogP contribution in [0.4, 0.5) is 4.39 Å². The number of halogens is 1. The Bertz CT molecular complexity index is 612. The van der Waals surface area contributed by atoms with Crippen LogP contribution in [-0.2, 0) is 0 Å². The number of nitrogens with one attached hydrogen (secondary N) is 1. The van der Waals surface area contributed by atoms with Crippen LogP contribution < -0.4 is 5.32 Å². The smallest absolute Gasteiger partial charge is 0.251 e. The minimum Gasteiger partial charge on any atom is -0.343 e. The van der Waals surface area contributed by atoms with Gasteiger partial charge in [-0.15, -0.1) is 24.0 Å². The molecule has 0 aliphatic carbocycles. The molecule has 3 nitrogen and oxygen atoms in total. The summed E-state index contributed by atoms with van der Waals surface area (Å²) >= 11 is 5.50. The molecule has 0 radical (unpaired) electrons. The monoisotopic (exact) mass is 296 g/mol. The molecular weight excluding hydrogens is 283 g/mol. The molecule has 0 aliphatic rings. The number of benzene rings is 1. The summed E-state index contributed by atoms with van der Waals surface area (Å²) in [7, 11) is 0. The number of hydrogen-bond donors (Lipinski definition) is 2. The average molecular weight is 296 g/mol. The Morgan fingerprint density at radius 1 is 1.53 bits per heavy atom. The maximum atomic E-state index is 13.1. The Kier molecular flexibility index (Phi) is 4.21. The fourth-order valence-corrected chi connectivity index (χ4v) is 2.56. The van der Waals surface area contributed by atoms with E-state index in [4.69, 9.17) is 0 Å². The summed E-state index contributed by atoms with van der Waals surface area (Å²) in [5, 5.41) is 3.67. The van der Waals surface area contributed by atoms with E-state index in [2.05, 4.69) is 22.9 Å². The van der Waals surface area contributed by atoms with Crippen molar-refractivity contribution < 1.29 is 9.18 Å². The van der Waals surface area contributed by atoms with Gasteiger partial charge >= 0.3 is 0 Å². The predicted octanol–water partition coefficient (Wildman–Crippen LogP) is 3.37. The minimum absolute atomic E-state index is 0.158. The molecule has 1 N–H and O–H groups in total. The highest BCUT2D eigenvalue weighted by Gasteiger charge is 2.14. The third-order valence-corrected chi connectivity index (χ3v) is 4.00. The molecule has 1 amide bonds. The van der Waals surface area contributed by atoms with Crippen molar-refractivity contribution >= 4 is 29.9 Å². The van der Waals surface area contributed by atoms with E-state index in [-0.39, 0.29) is 16.8 Å². The topological polar surface area (TPSA) is 42.0 Å². The fraction of sp³-hybridized carbons (Fsp3) is 0.231. The Morgan fingerprint density at radius 2 is 2.26 bits per heavy atom. The number of carbonyl (C=O) groups excluding carboxylic acids is 1. The first-order valence-electron chi connectivity index (χ1n) is 5.69. The van der Waals surface area contributed by atoms with Crippen molar-refractivity contribution in [1.82, 2.24) is 10.3 Å². The lowest BCUT2D eigenvalue weighted by Gasteiger charge is -2.11. The molecule has 1 atom stereocenters. The van der Waals surface area contributed by atoms with Gasteiger partial charge in [-0.05, 0) is 32.0 Å². The predicted molar refractivity (Wildman–Crippen MR) is 76.4 cm³/mol. The van der Waals surface area contributed by atoms with Gasteiger partial charge in [0.25, 0.3) is 5.91 Å². The van der Waals surface area contributed by atoms with E-state index in [1.165, 1.54) is 29.5 Å². The summed E-state index contributed by atoms with van der Waals surface area (Å²) in [6, 6.07) is 3.90. The molecule has 0 bridgehead atoms. The minimum atomic E-state index is -0.441. The highest BCUT2D eigenvalue weighted by atomic mass is 32.1. The van der Waals surface area contributed by atoms with Crippen LogP contribution in [0.1, 0.15) is 33.2 Å². The third kappa shape index (κ3) is 3.33. The molecule has 2 aromatic rings. The maximum absolute atomic E-state index is 13.1. The van der Waals surface area contributed by atoms with Gasteiger partial charge in [-0.1, -0.05) is 0 Å². The first-order chi connectivity index (χ1) is 8.97. The van der Waals surface area contributed by atoms with E-state index in [1.807, 2.05) is 13.8 Å². The second kappa shape index (κ2) is 5.71. The maximum Gasteiger partial charge on any atom is 0.251 e. The van der Waals surface area contributed by atoms with Crippen LogP contribution >= 0.6 is 24.0 Å². The lowest BCUT2D eigenvalue weighted by Crippen LogP contribution is -2.26. The van der Waals surface area contributed by atoms with E-state index in [0.717, 1.165) is 9.88 Å². The van der Waals surface area contributed by atoms with Crippen LogP contribution in [0.15, 0.2) is 29.3 Å². The van der Waals surface area contributed by atoms with E-state index < -0.39 is 5.82 Å². The number of thiazole rings is 1. The Morgan fingerprint density at radius 3 is 2.84 bits per heavy atom. The van der Waals surface area contributed by atoms with Crippen molar-refractivity contribution in [3.63, 3.8) is 0 Å². The average Bonchev–Trinajstić information content (AvgIpc) is 2.79. The number of hydrogen-bond acceptors (Lipinski definition) is 4. The van der Waals surface area contributed by atoms with E-state index in [0.29, 0.717) is 5.56 Å². The van der Waals surface area contributed by atoms with E-state index in [1.54, 1.807) is 6.20 Å². The van der Waals surface area contributed by atoms with Crippen LogP contribution in [0.5, 0.6) is 0 Å². The summed E-state index contributed by atoms with van der Waals surface area (Å²) in [6.07, 6.45) is 1.77. The normalized spacial score (nSPS) is 12.2. The van der Waals surface area contributed by atoms with Gasteiger partial charge in [0.1, 0.15) is 10.8 Å². The molecule has 19 heavy (non-hydrogen) atoms. The molecule has 0 aliphatic heterocycles. The van der Waals surface area contributed by atoms with Gasteiger partial charge in [0.2, 0.25) is 0 Å². The molecule has 1 heterocycles. The van der Waals surface area contributed by atoms with Crippen LogP contribution in [0.2, 0.25) is 0 Å². The highest BCUT2D eigenvalue weighted by Crippen LogP contribution is 2.20. The second-order valence-corrected chi connectivity index (χ2v) is 5.92. The Labute approximate surface area is 120 Å². The first kappa shape index (κ1) is 14.0. The number of aromatic nitrogens is 1.